The average Bonchev–Trinajstić information content (AvgIpc) is 3.40. The summed E-state index contributed by atoms with van der Waals surface area (Å²) in [5.74, 6) is 7.31. The Morgan fingerprint density at radius 3 is 0.758 bits per heavy atom. The van der Waals surface area contributed by atoms with Crippen molar-refractivity contribution in [2.75, 3.05) is 0 Å². The van der Waals surface area contributed by atoms with Crippen LogP contribution in [0.4, 0.5) is 11.4 Å². The van der Waals surface area contributed by atoms with Crippen LogP contribution in [0.15, 0.2) is 58.5 Å². The molecule has 0 radical (unpaired) electrons. The third-order valence-corrected chi connectivity index (χ3v) is 19.9. The van der Waals surface area contributed by atoms with Gasteiger partial charge in [0.25, 0.3) is 0 Å². The van der Waals surface area contributed by atoms with Crippen molar-refractivity contribution in [3.05, 3.63) is 59.7 Å². The molecular formula is C88H156N2Ni. The van der Waals surface area contributed by atoms with Crippen molar-refractivity contribution < 1.29 is 16.5 Å². The monoisotopic (exact) mass is 1300 g/mol. The number of unbranched alkanes of at least 4 members (excludes halogenated alkanes) is 61. The Labute approximate surface area is 581 Å². The van der Waals surface area contributed by atoms with Crippen LogP contribution < -0.4 is 0 Å². The Bertz CT molecular complexity index is 1900. The van der Waals surface area contributed by atoms with Crippen molar-refractivity contribution in [2.45, 2.75) is 464 Å². The number of hydrogen-bond donors (Lipinski definition) is 0. The first kappa shape index (κ1) is 86.8. The second kappa shape index (κ2) is 72.1. The molecule has 0 amide bonds. The number of hydrogen-bond acceptors (Lipinski definition) is 2. The zero-order valence-corrected chi connectivity index (χ0v) is 62.9. The standard InChI is InChI=1S/C88H156N2.Ni/c1-5-9-13-16-19-22-25-28-31-34-37-40-41-42-43-46-49-52-55-58-61-64-67-70-80-88(90-86-78-72-76-84(82-86)74-69-66-63-60-57-54-51-48-45-39-36-33-30-27-24-21-18-15-11-7-3)87(79-12-8-4)89-85-77-71-75-83(81-85)73-68-65-62-59-56-53-50-47-44-38-35-32-29-26-23-20-17-14-10-6-2;/h71-72,75-78,81-82H,5-69,73-74,79H2,1-4H3;/b89-87+,90-88-;. The molecule has 2 aromatic rings. The molecule has 0 N–H and O–H groups in total. The van der Waals surface area contributed by atoms with E-state index in [0.717, 1.165) is 61.3 Å². The number of aryl methyl sites for hydroxylation is 2. The summed E-state index contributed by atoms with van der Waals surface area (Å²) in [7, 11) is 0. The molecule has 0 aromatic heterocycles. The predicted octanol–water partition coefficient (Wildman–Crippen LogP) is 31.4. The zero-order chi connectivity index (χ0) is 64.0. The van der Waals surface area contributed by atoms with E-state index < -0.39 is 0 Å². The molecule has 0 bridgehead atoms. The van der Waals surface area contributed by atoms with E-state index in [1.165, 1.54) is 409 Å². The Morgan fingerprint density at radius 2 is 0.495 bits per heavy atom. The van der Waals surface area contributed by atoms with E-state index >= 15 is 0 Å². The van der Waals surface area contributed by atoms with Crippen LogP contribution in [0.5, 0.6) is 0 Å². The second-order valence-electron chi connectivity index (χ2n) is 28.9. The molecule has 0 atom stereocenters. The molecule has 2 aromatic carbocycles. The SMILES string of the molecule is CCCCCCCCCCCCCCCCCCCCCCCCC#CC(=N/c1cccc(CCCCCCCCCCCCCCCCCCCCCC)c1)/C(CCCC)=N/c1cccc(CCCCCCCCCCCCCCCCCCCCCC)c1.[Ni]. The average molecular weight is 1300 g/mol. The van der Waals surface area contributed by atoms with Gasteiger partial charge in [-0.15, -0.1) is 0 Å². The van der Waals surface area contributed by atoms with Gasteiger partial charge in [-0.05, 0) is 86.3 Å². The predicted molar refractivity (Wildman–Crippen MR) is 410 cm³/mol. The van der Waals surface area contributed by atoms with Gasteiger partial charge in [-0.2, -0.15) is 0 Å². The molecule has 0 spiro atoms. The normalized spacial score (nSPS) is 11.8. The van der Waals surface area contributed by atoms with E-state index in [1.54, 1.807) is 0 Å². The first-order chi connectivity index (χ1) is 44.7. The summed E-state index contributed by atoms with van der Waals surface area (Å²) >= 11 is 0. The fraction of sp³-hybridized carbons (Fsp3) is 0.818. The summed E-state index contributed by atoms with van der Waals surface area (Å²) in [6.07, 6.45) is 94.5. The van der Waals surface area contributed by atoms with Crippen molar-refractivity contribution in [3.8, 4) is 11.8 Å². The first-order valence-electron chi connectivity index (χ1n) is 41.5. The third kappa shape index (κ3) is 60.0. The van der Waals surface area contributed by atoms with Crippen LogP contribution in [0.25, 0.3) is 0 Å². The summed E-state index contributed by atoms with van der Waals surface area (Å²) in [6, 6.07) is 18.2. The molecule has 0 aliphatic heterocycles. The van der Waals surface area contributed by atoms with Crippen LogP contribution in [-0.2, 0) is 29.3 Å². The number of aliphatic imine (C=N–C) groups is 2. The summed E-state index contributed by atoms with van der Waals surface area (Å²) in [5, 5.41) is 0. The molecule has 91 heavy (non-hydrogen) atoms. The topological polar surface area (TPSA) is 24.7 Å². The molecular weight excluding hydrogens is 1140 g/mol. The zero-order valence-electron chi connectivity index (χ0n) is 61.9. The molecule has 0 heterocycles. The summed E-state index contributed by atoms with van der Waals surface area (Å²) in [5.41, 5.74) is 6.87. The largest absolute Gasteiger partial charge is 0.251 e. The van der Waals surface area contributed by atoms with Gasteiger partial charge in [-0.1, -0.05) is 443 Å². The van der Waals surface area contributed by atoms with Gasteiger partial charge in [-0.25, -0.2) is 4.99 Å². The Balaban J connectivity index is 0.0000414. The van der Waals surface area contributed by atoms with Crippen LogP contribution in [-0.4, -0.2) is 11.4 Å². The third-order valence-electron chi connectivity index (χ3n) is 19.9. The van der Waals surface area contributed by atoms with E-state index in [4.69, 9.17) is 9.98 Å². The van der Waals surface area contributed by atoms with Crippen molar-refractivity contribution in [1.82, 2.24) is 0 Å². The van der Waals surface area contributed by atoms with Crippen LogP contribution in [0.1, 0.15) is 463 Å². The smallest absolute Gasteiger partial charge is 0.135 e. The van der Waals surface area contributed by atoms with E-state index in [-0.39, 0.29) is 16.5 Å². The van der Waals surface area contributed by atoms with Crippen LogP contribution in [0.3, 0.4) is 0 Å². The Morgan fingerprint density at radius 1 is 0.264 bits per heavy atom. The van der Waals surface area contributed by atoms with Crippen molar-refractivity contribution in [1.29, 1.82) is 0 Å². The molecule has 0 aliphatic rings. The van der Waals surface area contributed by atoms with E-state index in [2.05, 4.69) is 88.1 Å². The van der Waals surface area contributed by atoms with Crippen LogP contribution in [0, 0.1) is 11.8 Å². The van der Waals surface area contributed by atoms with Gasteiger partial charge in [0, 0.05) is 22.9 Å². The maximum atomic E-state index is 5.44. The van der Waals surface area contributed by atoms with Gasteiger partial charge < -0.3 is 0 Å². The number of benzene rings is 2. The van der Waals surface area contributed by atoms with Gasteiger partial charge in [-0.3, -0.25) is 4.99 Å². The van der Waals surface area contributed by atoms with Gasteiger partial charge >= 0.3 is 0 Å². The Kier molecular flexibility index (Phi) is 68.8. The van der Waals surface area contributed by atoms with Crippen LogP contribution >= 0.6 is 0 Å². The molecule has 3 heteroatoms. The van der Waals surface area contributed by atoms with E-state index in [1.807, 2.05) is 0 Å². The molecule has 2 nitrogen and oxygen atoms in total. The number of rotatable bonds is 70. The quantitative estimate of drug-likeness (QED) is 0.0273. The van der Waals surface area contributed by atoms with Crippen molar-refractivity contribution >= 4 is 22.8 Å². The summed E-state index contributed by atoms with van der Waals surface area (Å²) in [6.45, 7) is 9.24. The van der Waals surface area contributed by atoms with Gasteiger partial charge in [0.2, 0.25) is 0 Å². The van der Waals surface area contributed by atoms with Gasteiger partial charge in [0.15, 0.2) is 0 Å². The Hall–Kier alpha value is -2.17. The number of nitrogens with zero attached hydrogens (tertiary/aromatic N) is 2. The molecule has 0 aliphatic carbocycles. The molecule has 0 saturated carbocycles. The minimum absolute atomic E-state index is 0. The first-order valence-corrected chi connectivity index (χ1v) is 41.5. The van der Waals surface area contributed by atoms with E-state index in [9.17, 15) is 0 Å². The maximum Gasteiger partial charge on any atom is 0.135 e. The fourth-order valence-electron chi connectivity index (χ4n) is 13.7. The van der Waals surface area contributed by atoms with Gasteiger partial charge in [0.05, 0.1) is 17.1 Å². The second-order valence-corrected chi connectivity index (χ2v) is 28.9. The van der Waals surface area contributed by atoms with Crippen molar-refractivity contribution in [2.24, 2.45) is 9.98 Å². The molecule has 528 valence electrons. The molecule has 0 unspecified atom stereocenters. The van der Waals surface area contributed by atoms with Crippen molar-refractivity contribution in [3.63, 3.8) is 0 Å². The molecule has 0 fully saturated rings. The van der Waals surface area contributed by atoms with Crippen LogP contribution in [0.2, 0.25) is 0 Å². The molecule has 2 rings (SSSR count). The molecule has 0 saturated heterocycles. The van der Waals surface area contributed by atoms with E-state index in [0.29, 0.717) is 0 Å². The minimum Gasteiger partial charge on any atom is -0.251 e. The fourth-order valence-corrected chi connectivity index (χ4v) is 13.7. The maximum absolute atomic E-state index is 5.44. The van der Waals surface area contributed by atoms with Gasteiger partial charge in [0.1, 0.15) is 5.71 Å². The summed E-state index contributed by atoms with van der Waals surface area (Å²) in [4.78, 5) is 10.8. The minimum atomic E-state index is 0. The summed E-state index contributed by atoms with van der Waals surface area (Å²) < 4.78 is 0.